The number of amides is 1. The minimum absolute atomic E-state index is 0.155. The highest BCUT2D eigenvalue weighted by atomic mass is 16.2. The number of hydrogen-bond donors (Lipinski definition) is 1. The van der Waals surface area contributed by atoms with Gasteiger partial charge in [0.15, 0.2) is 0 Å². The van der Waals surface area contributed by atoms with Gasteiger partial charge in [-0.2, -0.15) is 0 Å². The first kappa shape index (κ1) is 15.8. The third kappa shape index (κ3) is 3.45. The number of benzene rings is 2. The van der Waals surface area contributed by atoms with Crippen molar-refractivity contribution in [2.45, 2.75) is 45.4 Å². The van der Waals surface area contributed by atoms with Crippen LogP contribution in [-0.4, -0.2) is 22.5 Å². The molecule has 1 saturated heterocycles. The number of carbonyl (C=O) groups excluding carboxylic acids is 1. The van der Waals surface area contributed by atoms with E-state index in [1.807, 2.05) is 23.1 Å². The molecule has 0 radical (unpaired) electrons. The van der Waals surface area contributed by atoms with Crippen molar-refractivity contribution < 1.29 is 4.79 Å². The SMILES string of the molecule is Cc1ccc(CN2C(=O)[C@@H](Cc3ccccc3)NC2(C)C)cc1. The summed E-state index contributed by atoms with van der Waals surface area (Å²) in [5, 5.41) is 3.49. The second-order valence-electron chi connectivity index (χ2n) is 6.86. The van der Waals surface area contributed by atoms with E-state index in [2.05, 4.69) is 62.5 Å². The molecule has 0 unspecified atom stereocenters. The van der Waals surface area contributed by atoms with Crippen LogP contribution in [0.4, 0.5) is 0 Å². The molecule has 0 bridgehead atoms. The molecule has 2 aromatic rings. The Bertz CT molecular complexity index is 677. The molecule has 1 N–H and O–H groups in total. The Hall–Kier alpha value is -2.13. The molecule has 1 aliphatic rings. The van der Waals surface area contributed by atoms with Crippen molar-refractivity contribution in [3.05, 3.63) is 71.3 Å². The average molecular weight is 308 g/mol. The molecule has 120 valence electrons. The molecule has 3 nitrogen and oxygen atoms in total. The maximum Gasteiger partial charge on any atom is 0.241 e. The quantitative estimate of drug-likeness (QED) is 0.940. The molecule has 2 aromatic carbocycles. The minimum atomic E-state index is -0.332. The fourth-order valence-electron chi connectivity index (χ4n) is 3.17. The van der Waals surface area contributed by atoms with Crippen LogP contribution in [-0.2, 0) is 17.8 Å². The Morgan fingerprint density at radius 1 is 1.00 bits per heavy atom. The number of nitrogens with one attached hydrogen (secondary N) is 1. The largest absolute Gasteiger partial charge is 0.319 e. The first-order valence-electron chi connectivity index (χ1n) is 8.14. The molecule has 0 aromatic heterocycles. The van der Waals surface area contributed by atoms with E-state index in [-0.39, 0.29) is 17.6 Å². The lowest BCUT2D eigenvalue weighted by molar-refractivity contribution is -0.132. The van der Waals surface area contributed by atoms with Crippen molar-refractivity contribution >= 4 is 5.91 Å². The maximum absolute atomic E-state index is 12.9. The fraction of sp³-hybridized carbons (Fsp3) is 0.350. The summed E-state index contributed by atoms with van der Waals surface area (Å²) < 4.78 is 0. The number of carbonyl (C=O) groups is 1. The van der Waals surface area contributed by atoms with Crippen LogP contribution in [0.5, 0.6) is 0 Å². The molecule has 1 amide bonds. The predicted molar refractivity (Wildman–Crippen MR) is 92.9 cm³/mol. The Kier molecular flexibility index (Phi) is 4.22. The smallest absolute Gasteiger partial charge is 0.241 e. The fourth-order valence-corrected chi connectivity index (χ4v) is 3.17. The Labute approximate surface area is 138 Å². The molecular formula is C20H24N2O. The summed E-state index contributed by atoms with van der Waals surface area (Å²) in [6.07, 6.45) is 0.730. The van der Waals surface area contributed by atoms with Crippen LogP contribution in [0.15, 0.2) is 54.6 Å². The maximum atomic E-state index is 12.9. The van der Waals surface area contributed by atoms with Gasteiger partial charge >= 0.3 is 0 Å². The van der Waals surface area contributed by atoms with Crippen LogP contribution in [0.3, 0.4) is 0 Å². The lowest BCUT2D eigenvalue weighted by Gasteiger charge is -2.31. The highest BCUT2D eigenvalue weighted by Gasteiger charge is 2.43. The molecule has 1 fully saturated rings. The molecule has 0 aliphatic carbocycles. The summed E-state index contributed by atoms with van der Waals surface area (Å²) in [6, 6.07) is 18.4. The average Bonchev–Trinajstić information content (AvgIpc) is 2.73. The van der Waals surface area contributed by atoms with Gasteiger partial charge in [0.2, 0.25) is 5.91 Å². The van der Waals surface area contributed by atoms with E-state index in [1.54, 1.807) is 0 Å². The van der Waals surface area contributed by atoms with Gasteiger partial charge in [0.1, 0.15) is 0 Å². The van der Waals surface area contributed by atoms with E-state index in [0.717, 1.165) is 6.42 Å². The minimum Gasteiger partial charge on any atom is -0.319 e. The summed E-state index contributed by atoms with van der Waals surface area (Å²) in [4.78, 5) is 14.8. The molecule has 3 rings (SSSR count). The molecular weight excluding hydrogens is 284 g/mol. The predicted octanol–water partition coefficient (Wildman–Crippen LogP) is 3.27. The molecule has 0 saturated carbocycles. The van der Waals surface area contributed by atoms with E-state index in [4.69, 9.17) is 0 Å². The van der Waals surface area contributed by atoms with E-state index in [0.29, 0.717) is 6.54 Å². The summed E-state index contributed by atoms with van der Waals surface area (Å²) in [6.45, 7) is 6.87. The number of nitrogens with zero attached hydrogens (tertiary/aromatic N) is 1. The molecule has 0 spiro atoms. The molecule has 1 atom stereocenters. The molecule has 1 aliphatic heterocycles. The third-order valence-electron chi connectivity index (χ3n) is 4.51. The van der Waals surface area contributed by atoms with Gasteiger partial charge in [-0.05, 0) is 38.3 Å². The summed E-state index contributed by atoms with van der Waals surface area (Å²) >= 11 is 0. The lowest BCUT2D eigenvalue weighted by atomic mass is 10.1. The zero-order chi connectivity index (χ0) is 16.4. The van der Waals surface area contributed by atoms with E-state index in [1.165, 1.54) is 16.7 Å². The Morgan fingerprint density at radius 3 is 2.30 bits per heavy atom. The van der Waals surface area contributed by atoms with Crippen molar-refractivity contribution in [3.8, 4) is 0 Å². The Balaban J connectivity index is 1.75. The van der Waals surface area contributed by atoms with Crippen LogP contribution in [0.2, 0.25) is 0 Å². The second-order valence-corrected chi connectivity index (χ2v) is 6.86. The summed E-state index contributed by atoms with van der Waals surface area (Å²) in [5.41, 5.74) is 3.26. The normalized spacial score (nSPS) is 20.0. The van der Waals surface area contributed by atoms with Gasteiger partial charge < -0.3 is 4.90 Å². The highest BCUT2D eigenvalue weighted by Crippen LogP contribution is 2.25. The second kappa shape index (κ2) is 6.17. The summed E-state index contributed by atoms with van der Waals surface area (Å²) in [5.74, 6) is 0.180. The highest BCUT2D eigenvalue weighted by molar-refractivity contribution is 5.85. The van der Waals surface area contributed by atoms with Gasteiger partial charge in [-0.1, -0.05) is 60.2 Å². The van der Waals surface area contributed by atoms with Crippen molar-refractivity contribution in [2.24, 2.45) is 0 Å². The topological polar surface area (TPSA) is 32.3 Å². The molecule has 1 heterocycles. The van der Waals surface area contributed by atoms with E-state index < -0.39 is 0 Å². The van der Waals surface area contributed by atoms with Gasteiger partial charge in [0.25, 0.3) is 0 Å². The van der Waals surface area contributed by atoms with Gasteiger partial charge in [0, 0.05) is 6.54 Å². The van der Waals surface area contributed by atoms with Crippen LogP contribution >= 0.6 is 0 Å². The zero-order valence-electron chi connectivity index (χ0n) is 14.0. The van der Waals surface area contributed by atoms with Crippen LogP contribution in [0.25, 0.3) is 0 Å². The lowest BCUT2D eigenvalue weighted by Crippen LogP contribution is -2.46. The van der Waals surface area contributed by atoms with E-state index in [9.17, 15) is 4.79 Å². The van der Waals surface area contributed by atoms with Crippen molar-refractivity contribution in [1.82, 2.24) is 10.2 Å². The van der Waals surface area contributed by atoms with Gasteiger partial charge in [-0.25, -0.2) is 0 Å². The number of rotatable bonds is 4. The monoisotopic (exact) mass is 308 g/mol. The Morgan fingerprint density at radius 2 is 1.65 bits per heavy atom. The summed E-state index contributed by atoms with van der Waals surface area (Å²) in [7, 11) is 0. The van der Waals surface area contributed by atoms with Crippen molar-refractivity contribution in [2.75, 3.05) is 0 Å². The van der Waals surface area contributed by atoms with Gasteiger partial charge in [-0.15, -0.1) is 0 Å². The van der Waals surface area contributed by atoms with Crippen molar-refractivity contribution in [1.29, 1.82) is 0 Å². The number of hydrogen-bond acceptors (Lipinski definition) is 2. The van der Waals surface area contributed by atoms with E-state index >= 15 is 0 Å². The van der Waals surface area contributed by atoms with Gasteiger partial charge in [0.05, 0.1) is 11.7 Å². The standard InChI is InChI=1S/C20H24N2O/c1-15-9-11-17(12-10-15)14-22-19(23)18(21-20(22,2)3)13-16-7-5-4-6-8-16/h4-12,18,21H,13-14H2,1-3H3/t18-/m1/s1. The first-order valence-corrected chi connectivity index (χ1v) is 8.14. The number of aryl methyl sites for hydroxylation is 1. The van der Waals surface area contributed by atoms with Crippen LogP contribution < -0.4 is 5.32 Å². The molecule has 23 heavy (non-hydrogen) atoms. The first-order chi connectivity index (χ1) is 11.0. The van der Waals surface area contributed by atoms with Crippen molar-refractivity contribution in [3.63, 3.8) is 0 Å². The van der Waals surface area contributed by atoms with Gasteiger partial charge in [-0.3, -0.25) is 10.1 Å². The van der Waals surface area contributed by atoms with Crippen LogP contribution in [0, 0.1) is 6.92 Å². The third-order valence-corrected chi connectivity index (χ3v) is 4.51. The zero-order valence-corrected chi connectivity index (χ0v) is 14.0. The van der Waals surface area contributed by atoms with Crippen LogP contribution in [0.1, 0.15) is 30.5 Å². The molecule has 3 heteroatoms.